The van der Waals surface area contributed by atoms with Gasteiger partial charge in [-0.3, -0.25) is 4.68 Å². The van der Waals surface area contributed by atoms with E-state index in [1.54, 1.807) is 18.3 Å². The molecule has 4 nitrogen and oxygen atoms in total. The van der Waals surface area contributed by atoms with Gasteiger partial charge in [0.2, 0.25) is 0 Å². The Balaban J connectivity index is 1.71. The minimum absolute atomic E-state index is 0.233. The van der Waals surface area contributed by atoms with E-state index in [4.69, 9.17) is 4.74 Å². The van der Waals surface area contributed by atoms with Crippen LogP contribution in [-0.4, -0.2) is 22.9 Å². The van der Waals surface area contributed by atoms with Gasteiger partial charge in [-0.15, -0.1) is 0 Å². The first kappa shape index (κ1) is 12.4. The molecular weight excluding hydrogens is 233 g/mol. The second-order valence-corrected chi connectivity index (χ2v) is 3.81. The van der Waals surface area contributed by atoms with Crippen LogP contribution in [0.5, 0.6) is 5.75 Å². The van der Waals surface area contributed by atoms with E-state index in [1.807, 2.05) is 17.8 Å². The van der Waals surface area contributed by atoms with Crippen LogP contribution in [0.2, 0.25) is 0 Å². The summed E-state index contributed by atoms with van der Waals surface area (Å²) < 4.78 is 20.0. The van der Waals surface area contributed by atoms with Crippen molar-refractivity contribution in [1.82, 2.24) is 9.78 Å². The zero-order valence-corrected chi connectivity index (χ0v) is 10.3. The number of aromatic nitrogens is 2. The van der Waals surface area contributed by atoms with E-state index in [-0.39, 0.29) is 5.82 Å². The van der Waals surface area contributed by atoms with Gasteiger partial charge in [-0.1, -0.05) is 0 Å². The first-order chi connectivity index (χ1) is 8.78. The maximum Gasteiger partial charge on any atom is 0.157 e. The average Bonchev–Trinajstić information content (AvgIpc) is 2.85. The molecule has 96 valence electrons. The van der Waals surface area contributed by atoms with Gasteiger partial charge in [-0.2, -0.15) is 5.10 Å². The van der Waals surface area contributed by atoms with Gasteiger partial charge in [-0.05, 0) is 31.2 Å². The van der Waals surface area contributed by atoms with Crippen molar-refractivity contribution < 1.29 is 9.13 Å². The molecule has 0 saturated carbocycles. The molecule has 0 radical (unpaired) electrons. The minimum atomic E-state index is -0.233. The SMILES string of the molecule is CCn1cc(OCCNc2ccc(F)cc2)cn1. The molecule has 0 amide bonds. The second kappa shape index (κ2) is 6.05. The summed E-state index contributed by atoms with van der Waals surface area (Å²) in [6.45, 7) is 4.04. The predicted molar refractivity (Wildman–Crippen MR) is 68.3 cm³/mol. The van der Waals surface area contributed by atoms with Crippen molar-refractivity contribution in [2.75, 3.05) is 18.5 Å². The Morgan fingerprint density at radius 2 is 2.11 bits per heavy atom. The van der Waals surface area contributed by atoms with Crippen LogP contribution in [0.4, 0.5) is 10.1 Å². The smallest absolute Gasteiger partial charge is 0.157 e. The molecule has 1 N–H and O–H groups in total. The number of hydrogen-bond acceptors (Lipinski definition) is 3. The molecule has 0 fully saturated rings. The van der Waals surface area contributed by atoms with Gasteiger partial charge < -0.3 is 10.1 Å². The highest BCUT2D eigenvalue weighted by atomic mass is 19.1. The Kier molecular flexibility index (Phi) is 4.17. The van der Waals surface area contributed by atoms with Crippen LogP contribution in [0.15, 0.2) is 36.7 Å². The molecule has 2 rings (SSSR count). The number of ether oxygens (including phenoxy) is 1. The maximum absolute atomic E-state index is 12.7. The summed E-state index contributed by atoms with van der Waals surface area (Å²) in [6, 6.07) is 6.25. The Hall–Kier alpha value is -2.04. The lowest BCUT2D eigenvalue weighted by Gasteiger charge is -2.06. The third kappa shape index (κ3) is 3.48. The van der Waals surface area contributed by atoms with Gasteiger partial charge in [0, 0.05) is 18.8 Å². The second-order valence-electron chi connectivity index (χ2n) is 3.81. The first-order valence-electron chi connectivity index (χ1n) is 5.92. The van der Waals surface area contributed by atoms with Crippen LogP contribution in [-0.2, 0) is 6.54 Å². The van der Waals surface area contributed by atoms with E-state index in [9.17, 15) is 4.39 Å². The van der Waals surface area contributed by atoms with Crippen molar-refractivity contribution >= 4 is 5.69 Å². The van der Waals surface area contributed by atoms with E-state index in [0.29, 0.717) is 13.2 Å². The van der Waals surface area contributed by atoms with E-state index < -0.39 is 0 Å². The summed E-state index contributed by atoms with van der Waals surface area (Å²) in [7, 11) is 0. The summed E-state index contributed by atoms with van der Waals surface area (Å²) in [5.74, 6) is 0.529. The molecule has 2 aromatic rings. The van der Waals surface area contributed by atoms with E-state index in [0.717, 1.165) is 18.0 Å². The van der Waals surface area contributed by atoms with Gasteiger partial charge >= 0.3 is 0 Å². The summed E-state index contributed by atoms with van der Waals surface area (Å²) in [4.78, 5) is 0. The van der Waals surface area contributed by atoms with E-state index >= 15 is 0 Å². The lowest BCUT2D eigenvalue weighted by Crippen LogP contribution is -2.11. The Labute approximate surface area is 105 Å². The Morgan fingerprint density at radius 1 is 1.33 bits per heavy atom. The van der Waals surface area contributed by atoms with Crippen LogP contribution in [0.3, 0.4) is 0 Å². The molecule has 0 saturated heterocycles. The predicted octanol–water partition coefficient (Wildman–Crippen LogP) is 2.53. The third-order valence-electron chi connectivity index (χ3n) is 2.48. The maximum atomic E-state index is 12.7. The molecule has 5 heteroatoms. The molecular formula is C13H16FN3O. The fourth-order valence-electron chi connectivity index (χ4n) is 1.52. The van der Waals surface area contributed by atoms with Gasteiger partial charge in [-0.25, -0.2) is 4.39 Å². The standard InChI is InChI=1S/C13H16FN3O/c1-2-17-10-13(9-16-17)18-8-7-15-12-5-3-11(14)4-6-12/h3-6,9-10,15H,2,7-8H2,1H3. The number of anilines is 1. The van der Waals surface area contributed by atoms with Crippen LogP contribution >= 0.6 is 0 Å². The number of rotatable bonds is 6. The summed E-state index contributed by atoms with van der Waals surface area (Å²) in [5.41, 5.74) is 0.879. The fourth-order valence-corrected chi connectivity index (χ4v) is 1.52. The van der Waals surface area contributed by atoms with Gasteiger partial charge in [0.15, 0.2) is 5.75 Å². The molecule has 0 atom stereocenters. The van der Waals surface area contributed by atoms with Gasteiger partial charge in [0.05, 0.1) is 12.4 Å². The molecule has 1 aromatic heterocycles. The average molecular weight is 249 g/mol. The number of aryl methyl sites for hydroxylation is 1. The van der Waals surface area contributed by atoms with Crippen LogP contribution < -0.4 is 10.1 Å². The van der Waals surface area contributed by atoms with Crippen molar-refractivity contribution in [1.29, 1.82) is 0 Å². The van der Waals surface area contributed by atoms with Crippen LogP contribution in [0.1, 0.15) is 6.92 Å². The first-order valence-corrected chi connectivity index (χ1v) is 5.92. The minimum Gasteiger partial charge on any atom is -0.488 e. The van der Waals surface area contributed by atoms with Gasteiger partial charge in [0.25, 0.3) is 0 Å². The highest BCUT2D eigenvalue weighted by molar-refractivity contribution is 5.42. The van der Waals surface area contributed by atoms with E-state index in [1.165, 1.54) is 12.1 Å². The summed E-state index contributed by atoms with van der Waals surface area (Å²) >= 11 is 0. The summed E-state index contributed by atoms with van der Waals surface area (Å²) in [5, 5.41) is 7.25. The van der Waals surface area contributed by atoms with Crippen molar-refractivity contribution in [2.24, 2.45) is 0 Å². The van der Waals surface area contributed by atoms with Crippen molar-refractivity contribution in [3.05, 3.63) is 42.5 Å². The molecule has 1 heterocycles. The lowest BCUT2D eigenvalue weighted by molar-refractivity contribution is 0.332. The van der Waals surface area contributed by atoms with E-state index in [2.05, 4.69) is 10.4 Å². The normalized spacial score (nSPS) is 10.3. The number of benzene rings is 1. The fraction of sp³-hybridized carbons (Fsp3) is 0.308. The number of nitrogens with one attached hydrogen (secondary N) is 1. The monoisotopic (exact) mass is 249 g/mol. The quantitative estimate of drug-likeness (QED) is 0.800. The molecule has 18 heavy (non-hydrogen) atoms. The van der Waals surface area contributed by atoms with Crippen molar-refractivity contribution in [3.8, 4) is 5.75 Å². The highest BCUT2D eigenvalue weighted by Gasteiger charge is 1.98. The van der Waals surface area contributed by atoms with Crippen molar-refractivity contribution in [2.45, 2.75) is 13.5 Å². The largest absolute Gasteiger partial charge is 0.488 e. The molecule has 1 aromatic carbocycles. The third-order valence-corrected chi connectivity index (χ3v) is 2.48. The van der Waals surface area contributed by atoms with Crippen molar-refractivity contribution in [3.63, 3.8) is 0 Å². The molecule has 0 aliphatic rings. The molecule has 0 aliphatic carbocycles. The Morgan fingerprint density at radius 3 is 2.78 bits per heavy atom. The number of nitrogens with zero attached hydrogens (tertiary/aromatic N) is 2. The molecule has 0 spiro atoms. The number of hydrogen-bond donors (Lipinski definition) is 1. The zero-order valence-electron chi connectivity index (χ0n) is 10.3. The van der Waals surface area contributed by atoms with Crippen LogP contribution in [0.25, 0.3) is 0 Å². The highest BCUT2D eigenvalue weighted by Crippen LogP contribution is 2.09. The Bertz CT molecular complexity index is 481. The summed E-state index contributed by atoms with van der Waals surface area (Å²) in [6.07, 6.45) is 3.55. The molecule has 0 bridgehead atoms. The van der Waals surface area contributed by atoms with Gasteiger partial charge in [0.1, 0.15) is 12.4 Å². The van der Waals surface area contributed by atoms with Crippen LogP contribution in [0, 0.1) is 5.82 Å². The zero-order chi connectivity index (χ0) is 12.8. The number of halogens is 1. The molecule has 0 aliphatic heterocycles. The lowest BCUT2D eigenvalue weighted by atomic mass is 10.3. The topological polar surface area (TPSA) is 39.1 Å². The molecule has 0 unspecified atom stereocenters.